The molecule has 2 atom stereocenters. The van der Waals surface area contributed by atoms with Crippen molar-refractivity contribution >= 4 is 0 Å². The zero-order chi connectivity index (χ0) is 14.7. The van der Waals surface area contributed by atoms with Crippen LogP contribution in [0.5, 0.6) is 11.5 Å². The molecule has 0 saturated carbocycles. The molecule has 0 amide bonds. The highest BCUT2D eigenvalue weighted by molar-refractivity contribution is 5.40. The van der Waals surface area contributed by atoms with E-state index in [1.807, 2.05) is 13.8 Å². The molecule has 0 saturated heterocycles. The van der Waals surface area contributed by atoms with Crippen LogP contribution < -0.4 is 5.32 Å². The molecule has 2 aromatic carbocycles. The van der Waals surface area contributed by atoms with E-state index in [9.17, 15) is 14.6 Å². The summed E-state index contributed by atoms with van der Waals surface area (Å²) in [5.74, 6) is -0.221. The Morgan fingerprint density at radius 1 is 0.950 bits per heavy atom. The van der Waals surface area contributed by atoms with Gasteiger partial charge in [0.15, 0.2) is 0 Å². The second-order valence-electron chi connectivity index (χ2n) is 4.87. The number of halogens is 1. The van der Waals surface area contributed by atoms with Crippen LogP contribution in [0.25, 0.3) is 0 Å². The first-order valence-electron chi connectivity index (χ1n) is 6.51. The molecule has 106 valence electrons. The van der Waals surface area contributed by atoms with Crippen LogP contribution in [0.4, 0.5) is 4.39 Å². The second-order valence-corrected chi connectivity index (χ2v) is 4.87. The summed E-state index contributed by atoms with van der Waals surface area (Å²) >= 11 is 0. The average Bonchev–Trinajstić information content (AvgIpc) is 2.38. The molecule has 2 aromatic rings. The number of phenolic OH excluding ortho intramolecular Hbond substituents is 2. The third-order valence-corrected chi connectivity index (χ3v) is 3.35. The highest BCUT2D eigenvalue weighted by Crippen LogP contribution is 2.29. The number of nitrogens with one attached hydrogen (secondary N) is 1. The fraction of sp³-hybridized carbons (Fsp3) is 0.250. The van der Waals surface area contributed by atoms with Crippen LogP contribution in [0, 0.1) is 5.82 Å². The third kappa shape index (κ3) is 3.08. The number of phenols is 2. The smallest absolute Gasteiger partial charge is 0.127 e. The van der Waals surface area contributed by atoms with E-state index in [1.54, 1.807) is 24.3 Å². The van der Waals surface area contributed by atoms with Gasteiger partial charge in [-0.05, 0) is 26.0 Å². The molecule has 3 nitrogen and oxygen atoms in total. The van der Waals surface area contributed by atoms with Crippen molar-refractivity contribution in [2.45, 2.75) is 25.9 Å². The Balaban J connectivity index is 2.15. The molecule has 0 aliphatic carbocycles. The van der Waals surface area contributed by atoms with Crippen molar-refractivity contribution in [2.24, 2.45) is 0 Å². The Morgan fingerprint density at radius 3 is 2.25 bits per heavy atom. The van der Waals surface area contributed by atoms with Gasteiger partial charge in [-0.3, -0.25) is 0 Å². The summed E-state index contributed by atoms with van der Waals surface area (Å²) in [4.78, 5) is 0. The summed E-state index contributed by atoms with van der Waals surface area (Å²) in [6, 6.07) is 10.7. The molecular weight excluding hydrogens is 257 g/mol. The maximum Gasteiger partial charge on any atom is 0.127 e. The van der Waals surface area contributed by atoms with Gasteiger partial charge in [-0.1, -0.05) is 24.3 Å². The van der Waals surface area contributed by atoms with E-state index in [-0.39, 0.29) is 29.4 Å². The SMILES string of the molecule is CC(NC(C)c1ccccc1F)c1ccc(O)cc1O. The Labute approximate surface area is 117 Å². The molecule has 0 aromatic heterocycles. The first kappa shape index (κ1) is 14.3. The first-order chi connectivity index (χ1) is 9.49. The van der Waals surface area contributed by atoms with E-state index in [0.29, 0.717) is 11.1 Å². The van der Waals surface area contributed by atoms with Crippen LogP contribution in [0.1, 0.15) is 37.1 Å². The van der Waals surface area contributed by atoms with Crippen molar-refractivity contribution in [2.75, 3.05) is 0 Å². The summed E-state index contributed by atoms with van der Waals surface area (Å²) < 4.78 is 13.7. The molecule has 0 fully saturated rings. The van der Waals surface area contributed by atoms with Crippen LogP contribution in [-0.4, -0.2) is 10.2 Å². The molecule has 2 rings (SSSR count). The molecule has 0 radical (unpaired) electrons. The molecule has 2 unspecified atom stereocenters. The lowest BCUT2D eigenvalue weighted by atomic mass is 10.0. The molecular formula is C16H18FNO2. The van der Waals surface area contributed by atoms with Gasteiger partial charge in [0.2, 0.25) is 0 Å². The Bertz CT molecular complexity index is 601. The van der Waals surface area contributed by atoms with Gasteiger partial charge in [-0.15, -0.1) is 0 Å². The Kier molecular flexibility index (Phi) is 4.25. The molecule has 0 aliphatic rings. The zero-order valence-electron chi connectivity index (χ0n) is 11.5. The van der Waals surface area contributed by atoms with Gasteiger partial charge in [0.1, 0.15) is 17.3 Å². The van der Waals surface area contributed by atoms with Gasteiger partial charge in [0.25, 0.3) is 0 Å². The van der Waals surface area contributed by atoms with Crippen LogP contribution in [0.2, 0.25) is 0 Å². The van der Waals surface area contributed by atoms with Crippen molar-refractivity contribution in [3.05, 3.63) is 59.4 Å². The Hall–Kier alpha value is -2.07. The molecule has 3 N–H and O–H groups in total. The zero-order valence-corrected chi connectivity index (χ0v) is 11.5. The van der Waals surface area contributed by atoms with E-state index < -0.39 is 0 Å². The minimum absolute atomic E-state index is 0.0144. The minimum Gasteiger partial charge on any atom is -0.508 e. The first-order valence-corrected chi connectivity index (χ1v) is 6.51. The predicted octanol–water partition coefficient (Wildman–Crippen LogP) is 3.65. The van der Waals surface area contributed by atoms with Crippen LogP contribution >= 0.6 is 0 Å². The molecule has 0 bridgehead atoms. The maximum absolute atomic E-state index is 13.7. The van der Waals surface area contributed by atoms with E-state index in [0.717, 1.165) is 0 Å². The number of rotatable bonds is 4. The highest BCUT2D eigenvalue weighted by Gasteiger charge is 2.16. The fourth-order valence-electron chi connectivity index (χ4n) is 2.28. The van der Waals surface area contributed by atoms with Gasteiger partial charge in [0.05, 0.1) is 0 Å². The largest absolute Gasteiger partial charge is 0.508 e. The summed E-state index contributed by atoms with van der Waals surface area (Å²) in [7, 11) is 0. The van der Waals surface area contributed by atoms with Gasteiger partial charge >= 0.3 is 0 Å². The topological polar surface area (TPSA) is 52.5 Å². The lowest BCUT2D eigenvalue weighted by molar-refractivity contribution is 0.424. The van der Waals surface area contributed by atoms with E-state index in [1.165, 1.54) is 18.2 Å². The number of hydrogen-bond acceptors (Lipinski definition) is 3. The van der Waals surface area contributed by atoms with E-state index in [4.69, 9.17) is 0 Å². The lowest BCUT2D eigenvalue weighted by Crippen LogP contribution is -2.23. The number of benzene rings is 2. The van der Waals surface area contributed by atoms with E-state index >= 15 is 0 Å². The molecule has 4 heteroatoms. The van der Waals surface area contributed by atoms with Gasteiger partial charge in [0, 0.05) is 29.3 Å². The monoisotopic (exact) mass is 275 g/mol. The number of aromatic hydroxyl groups is 2. The van der Waals surface area contributed by atoms with Crippen molar-refractivity contribution in [3.8, 4) is 11.5 Å². The van der Waals surface area contributed by atoms with Crippen LogP contribution in [0.3, 0.4) is 0 Å². The van der Waals surface area contributed by atoms with Crippen molar-refractivity contribution < 1.29 is 14.6 Å². The lowest BCUT2D eigenvalue weighted by Gasteiger charge is -2.21. The van der Waals surface area contributed by atoms with Gasteiger partial charge in [-0.2, -0.15) is 0 Å². The van der Waals surface area contributed by atoms with E-state index in [2.05, 4.69) is 5.32 Å². The maximum atomic E-state index is 13.7. The number of hydrogen-bond donors (Lipinski definition) is 3. The van der Waals surface area contributed by atoms with Gasteiger partial charge in [-0.25, -0.2) is 4.39 Å². The minimum atomic E-state index is -0.255. The van der Waals surface area contributed by atoms with Crippen molar-refractivity contribution in [1.82, 2.24) is 5.32 Å². The summed E-state index contributed by atoms with van der Waals surface area (Å²) in [5, 5.41) is 22.3. The Morgan fingerprint density at radius 2 is 1.60 bits per heavy atom. The normalized spacial score (nSPS) is 13.9. The van der Waals surface area contributed by atoms with Crippen molar-refractivity contribution in [1.29, 1.82) is 0 Å². The average molecular weight is 275 g/mol. The molecule has 0 aliphatic heterocycles. The highest BCUT2D eigenvalue weighted by atomic mass is 19.1. The second kappa shape index (κ2) is 5.92. The molecule has 0 heterocycles. The van der Waals surface area contributed by atoms with Crippen molar-refractivity contribution in [3.63, 3.8) is 0 Å². The quantitative estimate of drug-likeness (QED) is 0.798. The molecule has 0 spiro atoms. The molecule has 20 heavy (non-hydrogen) atoms. The summed E-state index contributed by atoms with van der Waals surface area (Å²) in [5.41, 5.74) is 1.24. The van der Waals surface area contributed by atoms with Crippen LogP contribution in [0.15, 0.2) is 42.5 Å². The fourth-order valence-corrected chi connectivity index (χ4v) is 2.28. The third-order valence-electron chi connectivity index (χ3n) is 3.35. The summed E-state index contributed by atoms with van der Waals surface area (Å²) in [6.45, 7) is 3.75. The predicted molar refractivity (Wildman–Crippen MR) is 76.1 cm³/mol. The van der Waals surface area contributed by atoms with Crippen LogP contribution in [-0.2, 0) is 0 Å². The summed E-state index contributed by atoms with van der Waals surface area (Å²) in [6.07, 6.45) is 0. The van der Waals surface area contributed by atoms with Gasteiger partial charge < -0.3 is 15.5 Å². The standard InChI is InChI=1S/C16H18FNO2/c1-10(13-5-3-4-6-15(13)17)18-11(2)14-8-7-12(19)9-16(14)20/h3-11,18-20H,1-2H3.